The predicted molar refractivity (Wildman–Crippen MR) is 142 cm³/mol. The van der Waals surface area contributed by atoms with Crippen molar-refractivity contribution >= 4 is 21.8 Å². The molecule has 1 aliphatic rings. The maximum absolute atomic E-state index is 13.3. The Balaban J connectivity index is 1.40. The van der Waals surface area contributed by atoms with Gasteiger partial charge in [0.15, 0.2) is 0 Å². The highest BCUT2D eigenvalue weighted by Crippen LogP contribution is 2.25. The van der Waals surface area contributed by atoms with Crippen LogP contribution in [0.2, 0.25) is 0 Å². The molecule has 0 unspecified atom stereocenters. The summed E-state index contributed by atoms with van der Waals surface area (Å²) in [4.78, 5) is 24.2. The van der Waals surface area contributed by atoms with Crippen molar-refractivity contribution in [2.75, 3.05) is 18.0 Å². The van der Waals surface area contributed by atoms with Crippen LogP contribution in [0.5, 0.6) is 0 Å². The molecule has 1 atom stereocenters. The lowest BCUT2D eigenvalue weighted by Crippen LogP contribution is -2.40. The van der Waals surface area contributed by atoms with Gasteiger partial charge in [-0.15, -0.1) is 0 Å². The molecule has 0 spiro atoms. The molecule has 0 aliphatic carbocycles. The number of sulfonamides is 1. The van der Waals surface area contributed by atoms with Gasteiger partial charge in [-0.05, 0) is 75.4 Å². The van der Waals surface area contributed by atoms with Crippen LogP contribution in [0.15, 0.2) is 65.8 Å². The van der Waals surface area contributed by atoms with Gasteiger partial charge in [0.05, 0.1) is 11.4 Å². The summed E-state index contributed by atoms with van der Waals surface area (Å²) in [6.45, 7) is 6.36. The Labute approximate surface area is 218 Å². The molecule has 0 saturated carbocycles. The van der Waals surface area contributed by atoms with E-state index in [0.29, 0.717) is 12.5 Å². The Morgan fingerprint density at radius 1 is 1.11 bits per heavy atom. The SMILES string of the molecule is CC(C)N(CC(=O)CCc1cccc(-c2cnc(N3CCC[C@H]3C)nc2)c1)S(=O)(=O)c1ccc(F)cc1. The van der Waals surface area contributed by atoms with Crippen molar-refractivity contribution in [3.8, 4) is 11.1 Å². The lowest BCUT2D eigenvalue weighted by Gasteiger charge is -2.25. The fourth-order valence-electron chi connectivity index (χ4n) is 4.58. The Morgan fingerprint density at radius 2 is 1.81 bits per heavy atom. The minimum absolute atomic E-state index is 0.0319. The zero-order chi connectivity index (χ0) is 26.6. The summed E-state index contributed by atoms with van der Waals surface area (Å²) in [5.74, 6) is 0.0510. The van der Waals surface area contributed by atoms with Crippen LogP contribution in [-0.4, -0.2) is 53.6 Å². The number of benzene rings is 2. The molecule has 1 aromatic heterocycles. The zero-order valence-corrected chi connectivity index (χ0v) is 22.3. The van der Waals surface area contributed by atoms with Crippen LogP contribution < -0.4 is 4.90 Å². The molecule has 196 valence electrons. The third-order valence-corrected chi connectivity index (χ3v) is 8.77. The number of halogens is 1. The highest BCUT2D eigenvalue weighted by atomic mass is 32.2. The van der Waals surface area contributed by atoms with Crippen molar-refractivity contribution in [3.63, 3.8) is 0 Å². The lowest BCUT2D eigenvalue weighted by atomic mass is 10.0. The van der Waals surface area contributed by atoms with E-state index in [4.69, 9.17) is 0 Å². The van der Waals surface area contributed by atoms with Crippen molar-refractivity contribution in [2.24, 2.45) is 0 Å². The van der Waals surface area contributed by atoms with Gasteiger partial charge < -0.3 is 4.90 Å². The van der Waals surface area contributed by atoms with E-state index in [1.54, 1.807) is 13.8 Å². The molecular weight excluding hydrogens is 491 g/mol. The van der Waals surface area contributed by atoms with Gasteiger partial charge in [0.2, 0.25) is 16.0 Å². The van der Waals surface area contributed by atoms with E-state index < -0.39 is 21.9 Å². The second-order valence-electron chi connectivity index (χ2n) is 9.79. The second kappa shape index (κ2) is 11.5. The third kappa shape index (κ3) is 6.40. The average Bonchev–Trinajstić information content (AvgIpc) is 3.32. The smallest absolute Gasteiger partial charge is 0.243 e. The maximum atomic E-state index is 13.3. The van der Waals surface area contributed by atoms with Gasteiger partial charge in [0.1, 0.15) is 11.6 Å². The van der Waals surface area contributed by atoms with Crippen molar-refractivity contribution in [3.05, 3.63) is 72.3 Å². The number of hydrogen-bond donors (Lipinski definition) is 0. The molecule has 0 amide bonds. The molecule has 7 nitrogen and oxygen atoms in total. The maximum Gasteiger partial charge on any atom is 0.243 e. The Bertz CT molecular complexity index is 1330. The monoisotopic (exact) mass is 524 g/mol. The number of rotatable bonds is 10. The van der Waals surface area contributed by atoms with Crippen LogP contribution >= 0.6 is 0 Å². The molecule has 2 aromatic carbocycles. The lowest BCUT2D eigenvalue weighted by molar-refractivity contribution is -0.119. The average molecular weight is 525 g/mol. The molecule has 1 fully saturated rings. The standard InChI is InChI=1S/C28H33FN4O3S/c1-20(2)33(37(35,36)27-13-10-25(29)11-14-27)19-26(34)12-9-22-7-4-8-23(16-22)24-17-30-28(31-18-24)32-15-5-6-21(32)3/h4,7-8,10-11,13-14,16-18,20-21H,5-6,9,12,15,19H2,1-3H3/t21-/m1/s1. The first kappa shape index (κ1) is 26.9. The largest absolute Gasteiger partial charge is 0.338 e. The number of nitrogens with zero attached hydrogens (tertiary/aromatic N) is 4. The molecule has 1 saturated heterocycles. The van der Waals surface area contributed by atoms with E-state index in [0.717, 1.165) is 54.2 Å². The molecule has 0 bridgehead atoms. The summed E-state index contributed by atoms with van der Waals surface area (Å²) < 4.78 is 40.6. The quantitative estimate of drug-likeness (QED) is 0.376. The van der Waals surface area contributed by atoms with Gasteiger partial charge in [0, 0.05) is 43.0 Å². The number of aryl methyl sites for hydroxylation is 1. The van der Waals surface area contributed by atoms with E-state index in [2.05, 4.69) is 21.8 Å². The van der Waals surface area contributed by atoms with E-state index in [9.17, 15) is 17.6 Å². The number of carbonyl (C=O) groups is 1. The minimum Gasteiger partial charge on any atom is -0.338 e. The molecule has 2 heterocycles. The Kier molecular flexibility index (Phi) is 8.34. The van der Waals surface area contributed by atoms with E-state index in [-0.39, 0.29) is 23.6 Å². The minimum atomic E-state index is -3.92. The predicted octanol–water partition coefficient (Wildman–Crippen LogP) is 4.87. The first-order valence-electron chi connectivity index (χ1n) is 12.6. The van der Waals surface area contributed by atoms with E-state index in [1.165, 1.54) is 16.4 Å². The number of hydrogen-bond acceptors (Lipinski definition) is 6. The Hall–Kier alpha value is -3.17. The van der Waals surface area contributed by atoms with Crippen LogP contribution in [0.3, 0.4) is 0 Å². The second-order valence-corrected chi connectivity index (χ2v) is 11.7. The normalized spacial score (nSPS) is 16.1. The van der Waals surface area contributed by atoms with Crippen molar-refractivity contribution < 1.29 is 17.6 Å². The molecular formula is C28H33FN4O3S. The summed E-state index contributed by atoms with van der Waals surface area (Å²) in [6.07, 6.45) is 6.66. The molecule has 3 aromatic rings. The van der Waals surface area contributed by atoms with Gasteiger partial charge in [-0.3, -0.25) is 4.79 Å². The fourth-order valence-corrected chi connectivity index (χ4v) is 6.20. The first-order valence-corrected chi connectivity index (χ1v) is 14.1. The van der Waals surface area contributed by atoms with Gasteiger partial charge in [0.25, 0.3) is 0 Å². The summed E-state index contributed by atoms with van der Waals surface area (Å²) in [6, 6.07) is 12.6. The number of Topliss-reactive ketones (excluding diaryl/α,β-unsaturated/α-hetero) is 1. The summed E-state index contributed by atoms with van der Waals surface area (Å²) in [7, 11) is -3.92. The molecule has 9 heteroatoms. The third-order valence-electron chi connectivity index (χ3n) is 6.73. The number of anilines is 1. The van der Waals surface area contributed by atoms with Gasteiger partial charge in [-0.25, -0.2) is 22.8 Å². The molecule has 0 N–H and O–H groups in total. The van der Waals surface area contributed by atoms with Crippen LogP contribution in [0.25, 0.3) is 11.1 Å². The topological polar surface area (TPSA) is 83.5 Å². The van der Waals surface area contributed by atoms with Crippen LogP contribution in [-0.2, 0) is 21.2 Å². The van der Waals surface area contributed by atoms with Crippen molar-refractivity contribution in [2.45, 2.75) is 63.4 Å². The fraction of sp³-hybridized carbons (Fsp3) is 0.393. The van der Waals surface area contributed by atoms with Crippen molar-refractivity contribution in [1.29, 1.82) is 0 Å². The molecule has 37 heavy (non-hydrogen) atoms. The van der Waals surface area contributed by atoms with Gasteiger partial charge >= 0.3 is 0 Å². The number of aromatic nitrogens is 2. The number of carbonyl (C=O) groups excluding carboxylic acids is 1. The van der Waals surface area contributed by atoms with Crippen LogP contribution in [0, 0.1) is 5.82 Å². The Morgan fingerprint density at radius 3 is 2.43 bits per heavy atom. The highest BCUT2D eigenvalue weighted by Gasteiger charge is 2.29. The molecule has 1 aliphatic heterocycles. The molecule has 0 radical (unpaired) electrons. The molecule has 4 rings (SSSR count). The zero-order valence-electron chi connectivity index (χ0n) is 21.5. The van der Waals surface area contributed by atoms with E-state index in [1.807, 2.05) is 36.7 Å². The summed E-state index contributed by atoms with van der Waals surface area (Å²) in [5.41, 5.74) is 2.84. The first-order chi connectivity index (χ1) is 17.6. The summed E-state index contributed by atoms with van der Waals surface area (Å²) in [5, 5.41) is 0. The summed E-state index contributed by atoms with van der Waals surface area (Å²) >= 11 is 0. The highest BCUT2D eigenvalue weighted by molar-refractivity contribution is 7.89. The van der Waals surface area contributed by atoms with Crippen LogP contribution in [0.4, 0.5) is 10.3 Å². The van der Waals surface area contributed by atoms with Crippen molar-refractivity contribution in [1.82, 2.24) is 14.3 Å². The van der Waals surface area contributed by atoms with Gasteiger partial charge in [-0.2, -0.15) is 4.31 Å². The van der Waals surface area contributed by atoms with Gasteiger partial charge in [-0.1, -0.05) is 24.3 Å². The van der Waals surface area contributed by atoms with Crippen LogP contribution in [0.1, 0.15) is 45.6 Å². The number of ketones is 1. The van der Waals surface area contributed by atoms with E-state index >= 15 is 0 Å².